The standard InChI is InChI=1S/C22H27N3O5S/c1-30-13-14-31(28,29)18-10-8-16(9-11-18)22(27)24-19-6-3-2-5-17(19)15-25-12-4-7-20(25)21(23)26/h2-3,5-6,8-11,20H,4,7,12-15H2,1H3,(H2,23,26)(H,24,27). The van der Waals surface area contributed by atoms with E-state index in [-0.39, 0.29) is 35.1 Å². The molecule has 0 radical (unpaired) electrons. The van der Waals surface area contributed by atoms with E-state index in [1.54, 1.807) is 6.07 Å². The fraction of sp³-hybridized carbons (Fsp3) is 0.364. The first-order valence-corrected chi connectivity index (χ1v) is 11.7. The van der Waals surface area contributed by atoms with Gasteiger partial charge < -0.3 is 15.8 Å². The molecular weight excluding hydrogens is 418 g/mol. The number of nitrogens with zero attached hydrogens (tertiary/aromatic N) is 1. The van der Waals surface area contributed by atoms with Crippen molar-refractivity contribution >= 4 is 27.3 Å². The number of likely N-dealkylation sites (tertiary alicyclic amines) is 1. The number of anilines is 1. The normalized spacial score (nSPS) is 16.9. The highest BCUT2D eigenvalue weighted by molar-refractivity contribution is 7.91. The molecule has 3 N–H and O–H groups in total. The Morgan fingerprint density at radius 3 is 2.55 bits per heavy atom. The first kappa shape index (κ1) is 22.9. The molecule has 0 aliphatic carbocycles. The summed E-state index contributed by atoms with van der Waals surface area (Å²) in [6.45, 7) is 1.38. The molecule has 166 valence electrons. The maximum atomic E-state index is 12.7. The van der Waals surface area contributed by atoms with E-state index in [0.717, 1.165) is 24.9 Å². The molecule has 1 aliphatic rings. The summed E-state index contributed by atoms with van der Waals surface area (Å²) in [6, 6.07) is 12.9. The average Bonchev–Trinajstić information content (AvgIpc) is 3.22. The van der Waals surface area contributed by atoms with Gasteiger partial charge in [-0.05, 0) is 55.3 Å². The van der Waals surface area contributed by atoms with Crippen LogP contribution in [0.15, 0.2) is 53.4 Å². The predicted octanol–water partition coefficient (Wildman–Crippen LogP) is 1.81. The van der Waals surface area contributed by atoms with E-state index in [9.17, 15) is 18.0 Å². The molecule has 1 heterocycles. The van der Waals surface area contributed by atoms with Gasteiger partial charge in [0.1, 0.15) is 0 Å². The van der Waals surface area contributed by atoms with Gasteiger partial charge in [-0.1, -0.05) is 18.2 Å². The fourth-order valence-corrected chi connectivity index (χ4v) is 4.83. The average molecular weight is 446 g/mol. The zero-order valence-electron chi connectivity index (χ0n) is 17.4. The molecule has 1 aliphatic heterocycles. The van der Waals surface area contributed by atoms with E-state index in [1.165, 1.54) is 31.4 Å². The summed E-state index contributed by atoms with van der Waals surface area (Å²) in [6.07, 6.45) is 1.64. The summed E-state index contributed by atoms with van der Waals surface area (Å²) >= 11 is 0. The number of hydrogen-bond donors (Lipinski definition) is 2. The van der Waals surface area contributed by atoms with Crippen LogP contribution in [0.3, 0.4) is 0 Å². The van der Waals surface area contributed by atoms with Crippen LogP contribution in [0, 0.1) is 0 Å². The van der Waals surface area contributed by atoms with Crippen molar-refractivity contribution in [1.82, 2.24) is 4.90 Å². The molecule has 31 heavy (non-hydrogen) atoms. The van der Waals surface area contributed by atoms with Crippen LogP contribution in [0.1, 0.15) is 28.8 Å². The topological polar surface area (TPSA) is 119 Å². The largest absolute Gasteiger partial charge is 0.384 e. The van der Waals surface area contributed by atoms with Crippen molar-refractivity contribution in [3.63, 3.8) is 0 Å². The third-order valence-electron chi connectivity index (χ3n) is 5.36. The van der Waals surface area contributed by atoms with Crippen molar-refractivity contribution in [2.24, 2.45) is 5.73 Å². The van der Waals surface area contributed by atoms with Crippen molar-refractivity contribution in [3.8, 4) is 0 Å². The number of ether oxygens (including phenoxy) is 1. The number of carbonyl (C=O) groups is 2. The molecular formula is C22H27N3O5S. The van der Waals surface area contributed by atoms with Gasteiger partial charge in [0.2, 0.25) is 5.91 Å². The van der Waals surface area contributed by atoms with Gasteiger partial charge in [-0.3, -0.25) is 14.5 Å². The van der Waals surface area contributed by atoms with Gasteiger partial charge in [-0.2, -0.15) is 0 Å². The van der Waals surface area contributed by atoms with Gasteiger partial charge in [0.25, 0.3) is 5.91 Å². The van der Waals surface area contributed by atoms with Crippen LogP contribution in [0.25, 0.3) is 0 Å². The molecule has 0 saturated carbocycles. The van der Waals surface area contributed by atoms with Crippen molar-refractivity contribution in [2.75, 3.05) is 31.3 Å². The number of sulfone groups is 1. The second-order valence-electron chi connectivity index (χ2n) is 7.48. The molecule has 0 bridgehead atoms. The monoisotopic (exact) mass is 445 g/mol. The van der Waals surface area contributed by atoms with Gasteiger partial charge in [0, 0.05) is 24.9 Å². The third kappa shape index (κ3) is 5.69. The molecule has 1 unspecified atom stereocenters. The number of benzene rings is 2. The van der Waals surface area contributed by atoms with E-state index in [0.29, 0.717) is 17.8 Å². The summed E-state index contributed by atoms with van der Waals surface area (Å²) in [7, 11) is -2.01. The molecule has 8 nitrogen and oxygen atoms in total. The zero-order chi connectivity index (χ0) is 22.4. The van der Waals surface area contributed by atoms with Crippen molar-refractivity contribution in [1.29, 1.82) is 0 Å². The van der Waals surface area contributed by atoms with E-state index in [4.69, 9.17) is 10.5 Å². The molecule has 9 heteroatoms. The van der Waals surface area contributed by atoms with Crippen molar-refractivity contribution in [2.45, 2.75) is 30.3 Å². The third-order valence-corrected chi connectivity index (χ3v) is 7.06. The minimum Gasteiger partial charge on any atom is -0.384 e. The minimum absolute atomic E-state index is 0.106. The number of methoxy groups -OCH3 is 1. The van der Waals surface area contributed by atoms with Crippen LogP contribution >= 0.6 is 0 Å². The first-order chi connectivity index (χ1) is 14.8. The highest BCUT2D eigenvalue weighted by atomic mass is 32.2. The number of carbonyl (C=O) groups excluding carboxylic acids is 2. The maximum Gasteiger partial charge on any atom is 0.255 e. The number of primary amides is 1. The summed E-state index contributed by atoms with van der Waals surface area (Å²) in [4.78, 5) is 26.6. The van der Waals surface area contributed by atoms with E-state index in [2.05, 4.69) is 5.32 Å². The van der Waals surface area contributed by atoms with Gasteiger partial charge in [0.15, 0.2) is 9.84 Å². The number of nitrogens with two attached hydrogens (primary N) is 1. The Balaban J connectivity index is 1.72. The highest BCUT2D eigenvalue weighted by Crippen LogP contribution is 2.24. The Bertz CT molecular complexity index is 1040. The molecule has 0 aromatic heterocycles. The quantitative estimate of drug-likeness (QED) is 0.608. The van der Waals surface area contributed by atoms with Crippen LogP contribution in [-0.4, -0.2) is 57.2 Å². The molecule has 1 atom stereocenters. The lowest BCUT2D eigenvalue weighted by atomic mass is 10.1. The van der Waals surface area contributed by atoms with Gasteiger partial charge in [-0.15, -0.1) is 0 Å². The lowest BCUT2D eigenvalue weighted by molar-refractivity contribution is -0.122. The maximum absolute atomic E-state index is 12.7. The van der Waals surface area contributed by atoms with Crippen LogP contribution in [0.5, 0.6) is 0 Å². The van der Waals surface area contributed by atoms with Crippen molar-refractivity contribution in [3.05, 3.63) is 59.7 Å². The highest BCUT2D eigenvalue weighted by Gasteiger charge is 2.29. The second-order valence-corrected chi connectivity index (χ2v) is 9.59. The van der Waals surface area contributed by atoms with E-state index >= 15 is 0 Å². The smallest absolute Gasteiger partial charge is 0.255 e. The Morgan fingerprint density at radius 2 is 1.87 bits per heavy atom. The lowest BCUT2D eigenvalue weighted by Crippen LogP contribution is -2.39. The van der Waals surface area contributed by atoms with Gasteiger partial charge in [0.05, 0.1) is 23.3 Å². The molecule has 1 saturated heterocycles. The van der Waals surface area contributed by atoms with Crippen LogP contribution in [0.4, 0.5) is 5.69 Å². The fourth-order valence-electron chi connectivity index (χ4n) is 3.66. The number of hydrogen-bond acceptors (Lipinski definition) is 6. The Kier molecular flexibility index (Phi) is 7.42. The molecule has 1 fully saturated rings. The van der Waals surface area contributed by atoms with Crippen LogP contribution in [0.2, 0.25) is 0 Å². The predicted molar refractivity (Wildman–Crippen MR) is 117 cm³/mol. The molecule has 0 spiro atoms. The van der Waals surface area contributed by atoms with E-state index < -0.39 is 9.84 Å². The number of para-hydroxylation sites is 1. The van der Waals surface area contributed by atoms with Crippen LogP contribution < -0.4 is 11.1 Å². The Morgan fingerprint density at radius 1 is 1.16 bits per heavy atom. The lowest BCUT2D eigenvalue weighted by Gasteiger charge is -2.23. The molecule has 3 rings (SSSR count). The number of amides is 2. The first-order valence-electron chi connectivity index (χ1n) is 10.1. The van der Waals surface area contributed by atoms with Gasteiger partial charge >= 0.3 is 0 Å². The summed E-state index contributed by atoms with van der Waals surface area (Å²) in [5.41, 5.74) is 7.37. The molecule has 2 aromatic carbocycles. The molecule has 2 amide bonds. The molecule has 2 aromatic rings. The summed E-state index contributed by atoms with van der Waals surface area (Å²) < 4.78 is 29.3. The number of rotatable bonds is 9. The van der Waals surface area contributed by atoms with Gasteiger partial charge in [-0.25, -0.2) is 8.42 Å². The summed E-state index contributed by atoms with van der Waals surface area (Å²) in [5, 5.41) is 2.89. The SMILES string of the molecule is COCCS(=O)(=O)c1ccc(C(=O)Nc2ccccc2CN2CCCC2C(N)=O)cc1. The number of nitrogens with one attached hydrogen (secondary N) is 1. The second kappa shape index (κ2) is 10.0. The summed E-state index contributed by atoms with van der Waals surface area (Å²) in [5.74, 6) is -0.800. The van der Waals surface area contributed by atoms with Crippen LogP contribution in [-0.2, 0) is 25.9 Å². The van der Waals surface area contributed by atoms with E-state index in [1.807, 2.05) is 23.1 Å². The zero-order valence-corrected chi connectivity index (χ0v) is 18.2. The Labute approximate surface area is 182 Å². The Hall–Kier alpha value is -2.75. The van der Waals surface area contributed by atoms with Crippen molar-refractivity contribution < 1.29 is 22.7 Å². The minimum atomic E-state index is -3.46.